The Morgan fingerprint density at radius 1 is 1.13 bits per heavy atom. The number of carbonyl (C=O) groups excluding carboxylic acids is 2. The molecular formula is C23H22Cl2N2O3S. The van der Waals surface area contributed by atoms with E-state index in [4.69, 9.17) is 33.7 Å². The van der Waals surface area contributed by atoms with Crippen LogP contribution in [0.5, 0.6) is 5.75 Å². The molecule has 3 rings (SSSR count). The highest BCUT2D eigenvalue weighted by Crippen LogP contribution is 2.40. The number of halogens is 2. The maximum absolute atomic E-state index is 12.5. The quantitative estimate of drug-likeness (QED) is 0.421. The lowest BCUT2D eigenvalue weighted by Gasteiger charge is -2.10. The lowest BCUT2D eigenvalue weighted by atomic mass is 9.96. The van der Waals surface area contributed by atoms with E-state index in [-0.39, 0.29) is 12.2 Å². The largest absolute Gasteiger partial charge is 0.482 e. The topological polar surface area (TPSA) is 81.4 Å². The average molecular weight is 477 g/mol. The van der Waals surface area contributed by atoms with E-state index in [9.17, 15) is 9.59 Å². The fraction of sp³-hybridized carbons (Fsp3) is 0.217. The maximum Gasteiger partial charge on any atom is 0.262 e. The van der Waals surface area contributed by atoms with Gasteiger partial charge in [-0.05, 0) is 36.1 Å². The number of benzene rings is 2. The molecule has 0 saturated carbocycles. The zero-order valence-corrected chi connectivity index (χ0v) is 19.6. The number of thiophene rings is 1. The van der Waals surface area contributed by atoms with Crippen LogP contribution in [-0.2, 0) is 4.79 Å². The molecule has 1 heterocycles. The molecule has 0 spiro atoms. The first kappa shape index (κ1) is 23.1. The van der Waals surface area contributed by atoms with E-state index in [1.807, 2.05) is 31.2 Å². The molecule has 162 valence electrons. The van der Waals surface area contributed by atoms with Gasteiger partial charge in [-0.1, -0.05) is 61.3 Å². The summed E-state index contributed by atoms with van der Waals surface area (Å²) in [5.41, 5.74) is 8.75. The van der Waals surface area contributed by atoms with Crippen molar-refractivity contribution >= 4 is 51.4 Å². The molecule has 0 aliphatic rings. The zero-order valence-electron chi connectivity index (χ0n) is 17.3. The third-order valence-electron chi connectivity index (χ3n) is 4.70. The van der Waals surface area contributed by atoms with Gasteiger partial charge in [0.25, 0.3) is 11.8 Å². The van der Waals surface area contributed by atoms with Crippen LogP contribution in [0.3, 0.4) is 0 Å². The number of rotatable bonds is 7. The smallest absolute Gasteiger partial charge is 0.262 e. The van der Waals surface area contributed by atoms with Crippen LogP contribution in [0.1, 0.15) is 40.6 Å². The van der Waals surface area contributed by atoms with Crippen molar-refractivity contribution < 1.29 is 14.3 Å². The molecule has 3 aromatic rings. The Morgan fingerprint density at radius 3 is 2.42 bits per heavy atom. The van der Waals surface area contributed by atoms with Crippen LogP contribution in [0.4, 0.5) is 5.00 Å². The molecule has 31 heavy (non-hydrogen) atoms. The predicted octanol–water partition coefficient (Wildman–Crippen LogP) is 6.27. The second kappa shape index (κ2) is 9.73. The van der Waals surface area contributed by atoms with Gasteiger partial charge in [0.15, 0.2) is 6.61 Å². The van der Waals surface area contributed by atoms with Gasteiger partial charge in [0.05, 0.1) is 10.6 Å². The van der Waals surface area contributed by atoms with Crippen LogP contribution in [0.15, 0.2) is 42.5 Å². The van der Waals surface area contributed by atoms with Gasteiger partial charge < -0.3 is 15.8 Å². The van der Waals surface area contributed by atoms with Crippen molar-refractivity contribution in [3.8, 4) is 16.9 Å². The Bertz CT molecular complexity index is 1120. The van der Waals surface area contributed by atoms with Gasteiger partial charge >= 0.3 is 0 Å². The Hall–Kier alpha value is -2.54. The molecule has 0 atom stereocenters. The predicted molar refractivity (Wildman–Crippen MR) is 128 cm³/mol. The summed E-state index contributed by atoms with van der Waals surface area (Å²) in [5, 5.41) is 3.91. The van der Waals surface area contributed by atoms with Gasteiger partial charge in [0.1, 0.15) is 10.8 Å². The molecule has 1 aromatic heterocycles. The third kappa shape index (κ3) is 5.39. The number of anilines is 1. The van der Waals surface area contributed by atoms with Crippen LogP contribution in [0, 0.1) is 6.92 Å². The molecule has 0 radical (unpaired) electrons. The van der Waals surface area contributed by atoms with Crippen molar-refractivity contribution in [1.29, 1.82) is 0 Å². The second-order valence-electron chi connectivity index (χ2n) is 7.29. The molecular weight excluding hydrogens is 455 g/mol. The first-order chi connectivity index (χ1) is 14.7. The summed E-state index contributed by atoms with van der Waals surface area (Å²) >= 11 is 13.3. The average Bonchev–Trinajstić information content (AvgIpc) is 3.04. The van der Waals surface area contributed by atoms with Crippen LogP contribution >= 0.6 is 34.5 Å². The van der Waals surface area contributed by atoms with Crippen LogP contribution in [0.25, 0.3) is 11.1 Å². The number of nitrogens with two attached hydrogens (primary N) is 1. The molecule has 5 nitrogen and oxygen atoms in total. The highest BCUT2D eigenvalue weighted by atomic mass is 35.5. The Labute approximate surface area is 195 Å². The normalized spacial score (nSPS) is 10.9. The molecule has 2 aromatic carbocycles. The summed E-state index contributed by atoms with van der Waals surface area (Å²) in [4.78, 5) is 25.6. The second-order valence-corrected chi connectivity index (χ2v) is 9.36. The molecule has 3 N–H and O–H groups in total. The monoisotopic (exact) mass is 476 g/mol. The number of nitrogens with one attached hydrogen (secondary N) is 1. The van der Waals surface area contributed by atoms with E-state index in [0.717, 1.165) is 16.0 Å². The number of aryl methyl sites for hydroxylation is 1. The highest BCUT2D eigenvalue weighted by Gasteiger charge is 2.23. The summed E-state index contributed by atoms with van der Waals surface area (Å²) in [6.45, 7) is 5.83. The van der Waals surface area contributed by atoms with Gasteiger partial charge in [-0.2, -0.15) is 0 Å². The van der Waals surface area contributed by atoms with E-state index in [2.05, 4.69) is 19.2 Å². The Kier molecular flexibility index (Phi) is 7.26. The fourth-order valence-corrected chi connectivity index (χ4v) is 4.58. The van der Waals surface area contributed by atoms with Crippen molar-refractivity contribution in [1.82, 2.24) is 0 Å². The summed E-state index contributed by atoms with van der Waals surface area (Å²) < 4.78 is 5.47. The van der Waals surface area contributed by atoms with Crippen LogP contribution in [-0.4, -0.2) is 18.4 Å². The third-order valence-corrected chi connectivity index (χ3v) is 6.27. The maximum atomic E-state index is 12.5. The minimum Gasteiger partial charge on any atom is -0.482 e. The summed E-state index contributed by atoms with van der Waals surface area (Å²) in [6, 6.07) is 12.7. The van der Waals surface area contributed by atoms with Crippen LogP contribution < -0.4 is 15.8 Å². The first-order valence-electron chi connectivity index (χ1n) is 9.58. The minimum absolute atomic E-state index is 0.286. The fourth-order valence-electron chi connectivity index (χ4n) is 3.14. The van der Waals surface area contributed by atoms with E-state index in [1.165, 1.54) is 23.0 Å². The lowest BCUT2D eigenvalue weighted by molar-refractivity contribution is -0.118. The van der Waals surface area contributed by atoms with E-state index < -0.39 is 11.8 Å². The van der Waals surface area contributed by atoms with E-state index in [0.29, 0.717) is 26.7 Å². The van der Waals surface area contributed by atoms with Gasteiger partial charge in [-0.3, -0.25) is 9.59 Å². The van der Waals surface area contributed by atoms with E-state index in [1.54, 1.807) is 12.1 Å². The zero-order chi connectivity index (χ0) is 22.7. The molecule has 0 fully saturated rings. The SMILES string of the molecule is Cc1sc(NC(=O)COc2cc(Cl)ccc2Cl)c(C(N)=O)c1-c1ccc(C(C)C)cc1. The summed E-state index contributed by atoms with van der Waals surface area (Å²) in [5.74, 6) is -0.355. The molecule has 8 heteroatoms. The van der Waals surface area contributed by atoms with Gasteiger partial charge in [-0.15, -0.1) is 11.3 Å². The number of hydrogen-bond acceptors (Lipinski definition) is 4. The van der Waals surface area contributed by atoms with Crippen molar-refractivity contribution in [3.63, 3.8) is 0 Å². The number of carbonyl (C=O) groups is 2. The van der Waals surface area contributed by atoms with Crippen LogP contribution in [0.2, 0.25) is 10.0 Å². The number of hydrogen-bond donors (Lipinski definition) is 2. The van der Waals surface area contributed by atoms with Gasteiger partial charge in [0, 0.05) is 21.5 Å². The Balaban J connectivity index is 1.83. The Morgan fingerprint density at radius 2 is 1.81 bits per heavy atom. The number of primary amides is 1. The molecule has 0 saturated heterocycles. The summed E-state index contributed by atoms with van der Waals surface area (Å²) in [6.07, 6.45) is 0. The van der Waals surface area contributed by atoms with Crippen molar-refractivity contribution in [3.05, 3.63) is 68.5 Å². The lowest BCUT2D eigenvalue weighted by Crippen LogP contribution is -2.22. The van der Waals surface area contributed by atoms with Crippen molar-refractivity contribution in [2.75, 3.05) is 11.9 Å². The molecule has 0 aliphatic carbocycles. The van der Waals surface area contributed by atoms with E-state index >= 15 is 0 Å². The van der Waals surface area contributed by atoms with Gasteiger partial charge in [0.2, 0.25) is 0 Å². The summed E-state index contributed by atoms with van der Waals surface area (Å²) in [7, 11) is 0. The number of ether oxygens (including phenoxy) is 1. The molecule has 2 amide bonds. The standard InChI is InChI=1S/C23H22Cl2N2O3S/c1-12(2)14-4-6-15(7-5-14)20-13(3)31-23(21(20)22(26)29)27-19(28)11-30-18-10-16(24)8-9-17(18)25/h4-10,12H,11H2,1-3H3,(H2,26,29)(H,27,28). The molecule has 0 aliphatic heterocycles. The molecule has 0 bridgehead atoms. The highest BCUT2D eigenvalue weighted by molar-refractivity contribution is 7.17. The number of amides is 2. The van der Waals surface area contributed by atoms with Gasteiger partial charge in [-0.25, -0.2) is 0 Å². The molecule has 0 unspecified atom stereocenters. The van der Waals surface area contributed by atoms with Crippen molar-refractivity contribution in [2.24, 2.45) is 5.73 Å². The van der Waals surface area contributed by atoms with Crippen molar-refractivity contribution in [2.45, 2.75) is 26.7 Å². The first-order valence-corrected chi connectivity index (χ1v) is 11.2. The minimum atomic E-state index is -0.610.